The molecule has 0 atom stereocenters. The number of nitrogens with two attached hydrogens (primary N) is 1. The molecule has 0 aliphatic carbocycles. The molecule has 0 aliphatic heterocycles. The number of pyridine rings is 1. The fourth-order valence-electron chi connectivity index (χ4n) is 0.832. The lowest BCUT2D eigenvalue weighted by atomic mass is 10.3. The second-order valence-electron chi connectivity index (χ2n) is 2.62. The van der Waals surface area contributed by atoms with E-state index in [9.17, 15) is 0 Å². The molecule has 1 heterocycles. The van der Waals surface area contributed by atoms with Crippen molar-refractivity contribution in [3.63, 3.8) is 0 Å². The molecule has 1 aromatic heterocycles. The van der Waals surface area contributed by atoms with Gasteiger partial charge in [0.25, 0.3) is 0 Å². The summed E-state index contributed by atoms with van der Waals surface area (Å²) in [5.41, 5.74) is 6.68. The van der Waals surface area contributed by atoms with Crippen LogP contribution in [-0.4, -0.2) is 4.98 Å². The molecule has 14 heavy (non-hydrogen) atoms. The van der Waals surface area contributed by atoms with Crippen molar-refractivity contribution in [1.82, 2.24) is 4.98 Å². The summed E-state index contributed by atoms with van der Waals surface area (Å²) >= 11 is 1.62. The van der Waals surface area contributed by atoms with E-state index in [4.69, 9.17) is 5.73 Å². The molecule has 1 aromatic rings. The number of aromatic nitrogens is 1. The molecule has 0 aromatic carbocycles. The summed E-state index contributed by atoms with van der Waals surface area (Å²) < 4.78 is 0. The lowest BCUT2D eigenvalue weighted by molar-refractivity contribution is 1.20. The number of nitrogen functional groups attached to an aromatic ring is 1. The van der Waals surface area contributed by atoms with Crippen LogP contribution < -0.4 is 5.73 Å². The lowest BCUT2D eigenvalue weighted by Crippen LogP contribution is -1.94. The highest BCUT2D eigenvalue weighted by molar-refractivity contribution is 8.03. The molecule has 0 spiro atoms. The van der Waals surface area contributed by atoms with Crippen molar-refractivity contribution >= 4 is 17.6 Å². The summed E-state index contributed by atoms with van der Waals surface area (Å²) in [6.45, 7) is 11.8. The molecular formula is C11H18N2S. The summed E-state index contributed by atoms with van der Waals surface area (Å²) in [7, 11) is 0. The highest BCUT2D eigenvalue weighted by Crippen LogP contribution is 2.29. The van der Waals surface area contributed by atoms with Gasteiger partial charge in [-0.3, -0.25) is 0 Å². The van der Waals surface area contributed by atoms with E-state index < -0.39 is 0 Å². The van der Waals surface area contributed by atoms with Crippen molar-refractivity contribution in [2.75, 3.05) is 5.73 Å². The third-order valence-corrected chi connectivity index (χ3v) is 2.49. The van der Waals surface area contributed by atoms with Crippen LogP contribution in [0.2, 0.25) is 0 Å². The van der Waals surface area contributed by atoms with Crippen LogP contribution in [0.5, 0.6) is 0 Å². The quantitative estimate of drug-likeness (QED) is 0.758. The first-order valence-electron chi connectivity index (χ1n) is 4.65. The van der Waals surface area contributed by atoms with Gasteiger partial charge in [0.1, 0.15) is 5.82 Å². The number of nitrogens with zero attached hydrogens (tertiary/aromatic N) is 1. The normalized spacial score (nSPS) is 8.86. The van der Waals surface area contributed by atoms with Crippen molar-refractivity contribution in [2.45, 2.75) is 32.6 Å². The number of anilines is 1. The van der Waals surface area contributed by atoms with Crippen molar-refractivity contribution in [3.8, 4) is 0 Å². The Morgan fingerprint density at radius 3 is 2.57 bits per heavy atom. The van der Waals surface area contributed by atoms with E-state index in [1.165, 1.54) is 0 Å². The Morgan fingerprint density at radius 2 is 2.07 bits per heavy atom. The van der Waals surface area contributed by atoms with Gasteiger partial charge in [-0.05, 0) is 24.8 Å². The van der Waals surface area contributed by atoms with E-state index in [0.29, 0.717) is 5.82 Å². The van der Waals surface area contributed by atoms with Crippen LogP contribution in [0.25, 0.3) is 0 Å². The molecule has 0 bridgehead atoms. The number of thioether (sulfide) groups is 1. The monoisotopic (exact) mass is 210 g/mol. The van der Waals surface area contributed by atoms with Crippen molar-refractivity contribution in [1.29, 1.82) is 0 Å². The lowest BCUT2D eigenvalue weighted by Gasteiger charge is -2.05. The van der Waals surface area contributed by atoms with Gasteiger partial charge in [0.2, 0.25) is 0 Å². The average Bonchev–Trinajstić information content (AvgIpc) is 2.16. The molecule has 0 amide bonds. The van der Waals surface area contributed by atoms with Gasteiger partial charge in [0.15, 0.2) is 0 Å². The van der Waals surface area contributed by atoms with E-state index in [0.717, 1.165) is 15.4 Å². The Bertz CT molecular complexity index is 308. The third-order valence-electron chi connectivity index (χ3n) is 1.48. The van der Waals surface area contributed by atoms with Gasteiger partial charge in [0.05, 0.1) is 0 Å². The summed E-state index contributed by atoms with van der Waals surface area (Å²) in [6.07, 6.45) is 1.72. The predicted octanol–water partition coefficient (Wildman–Crippen LogP) is 3.62. The molecule has 0 saturated heterocycles. The largest absolute Gasteiger partial charge is 0.383 e. The smallest absolute Gasteiger partial charge is 0.127 e. The summed E-state index contributed by atoms with van der Waals surface area (Å²) in [6, 6.07) is 1.95. The third kappa shape index (κ3) is 3.83. The zero-order valence-electron chi connectivity index (χ0n) is 9.29. The summed E-state index contributed by atoms with van der Waals surface area (Å²) in [5.74, 6) is 0.598. The van der Waals surface area contributed by atoms with Crippen LogP contribution >= 0.6 is 11.8 Å². The molecule has 0 aliphatic rings. The SMILES string of the molecule is C=C(C)Sc1ccnc(N)c1C.CC. The zero-order valence-corrected chi connectivity index (χ0v) is 10.1. The minimum Gasteiger partial charge on any atom is -0.383 e. The number of rotatable bonds is 2. The number of hydrogen-bond acceptors (Lipinski definition) is 3. The Morgan fingerprint density at radius 1 is 1.50 bits per heavy atom. The minimum absolute atomic E-state index is 0.598. The topological polar surface area (TPSA) is 38.9 Å². The fraction of sp³-hybridized carbons (Fsp3) is 0.364. The highest BCUT2D eigenvalue weighted by Gasteiger charge is 2.02. The fourth-order valence-corrected chi connectivity index (χ4v) is 1.59. The maximum absolute atomic E-state index is 5.64. The van der Waals surface area contributed by atoms with Gasteiger partial charge in [-0.1, -0.05) is 32.2 Å². The molecule has 0 saturated carbocycles. The molecule has 2 nitrogen and oxygen atoms in total. The zero-order chi connectivity index (χ0) is 11.1. The highest BCUT2D eigenvalue weighted by atomic mass is 32.2. The van der Waals surface area contributed by atoms with Crippen molar-refractivity contribution in [3.05, 3.63) is 29.3 Å². The Hall–Kier alpha value is -0.960. The Labute approximate surface area is 90.6 Å². The van der Waals surface area contributed by atoms with Crippen LogP contribution in [0, 0.1) is 6.92 Å². The maximum atomic E-state index is 5.64. The van der Waals surface area contributed by atoms with Crippen LogP contribution in [0.15, 0.2) is 28.6 Å². The van der Waals surface area contributed by atoms with Crippen LogP contribution in [-0.2, 0) is 0 Å². The first-order valence-corrected chi connectivity index (χ1v) is 5.47. The van der Waals surface area contributed by atoms with Crippen molar-refractivity contribution in [2.24, 2.45) is 0 Å². The molecule has 0 fully saturated rings. The Balaban J connectivity index is 0.000000791. The van der Waals surface area contributed by atoms with Crippen LogP contribution in [0.1, 0.15) is 26.3 Å². The van der Waals surface area contributed by atoms with Gasteiger partial charge in [-0.15, -0.1) is 0 Å². The molecule has 0 radical (unpaired) electrons. The predicted molar refractivity (Wildman–Crippen MR) is 65.4 cm³/mol. The van der Waals surface area contributed by atoms with Crippen molar-refractivity contribution < 1.29 is 0 Å². The average molecular weight is 210 g/mol. The van der Waals surface area contributed by atoms with Gasteiger partial charge in [-0.25, -0.2) is 4.98 Å². The minimum atomic E-state index is 0.598. The van der Waals surface area contributed by atoms with Crippen LogP contribution in [0.3, 0.4) is 0 Å². The number of allylic oxidation sites excluding steroid dienone is 1. The second kappa shape index (κ2) is 6.49. The molecular weight excluding hydrogens is 192 g/mol. The summed E-state index contributed by atoms with van der Waals surface area (Å²) in [4.78, 5) is 6.17. The molecule has 2 N–H and O–H groups in total. The molecule has 3 heteroatoms. The van der Waals surface area contributed by atoms with E-state index in [1.807, 2.05) is 33.8 Å². The van der Waals surface area contributed by atoms with E-state index in [1.54, 1.807) is 18.0 Å². The maximum Gasteiger partial charge on any atom is 0.127 e. The molecule has 0 unspecified atom stereocenters. The summed E-state index contributed by atoms with van der Waals surface area (Å²) in [5, 5.41) is 0. The second-order valence-corrected chi connectivity index (χ2v) is 3.96. The van der Waals surface area contributed by atoms with E-state index >= 15 is 0 Å². The van der Waals surface area contributed by atoms with E-state index in [-0.39, 0.29) is 0 Å². The van der Waals surface area contributed by atoms with Gasteiger partial charge < -0.3 is 5.73 Å². The van der Waals surface area contributed by atoms with E-state index in [2.05, 4.69) is 11.6 Å². The Kier molecular flexibility index (Phi) is 6.04. The van der Waals surface area contributed by atoms with Gasteiger partial charge in [0, 0.05) is 16.7 Å². The standard InChI is InChI=1S/C9H12N2S.C2H6/c1-6(2)12-8-4-5-11-9(10)7(8)3;1-2/h4-5H,1H2,2-3H3,(H2,10,11);1-2H3. The van der Waals surface area contributed by atoms with Gasteiger partial charge in [-0.2, -0.15) is 0 Å². The van der Waals surface area contributed by atoms with Gasteiger partial charge >= 0.3 is 0 Å². The molecule has 1 rings (SSSR count). The first kappa shape index (κ1) is 13.0. The number of hydrogen-bond donors (Lipinski definition) is 1. The van der Waals surface area contributed by atoms with Crippen LogP contribution in [0.4, 0.5) is 5.82 Å². The molecule has 78 valence electrons. The first-order chi connectivity index (χ1) is 6.61.